The van der Waals surface area contributed by atoms with E-state index in [4.69, 9.17) is 9.47 Å². The van der Waals surface area contributed by atoms with E-state index in [0.29, 0.717) is 29.3 Å². The number of esters is 1. The van der Waals surface area contributed by atoms with Gasteiger partial charge in [0.05, 0.1) is 31.0 Å². The monoisotopic (exact) mass is 1490 g/mol. The van der Waals surface area contributed by atoms with E-state index in [1.54, 1.807) is 72.8 Å². The van der Waals surface area contributed by atoms with Gasteiger partial charge in [-0.1, -0.05) is 119 Å². The van der Waals surface area contributed by atoms with Gasteiger partial charge in [0.15, 0.2) is 11.6 Å². The molecule has 0 aliphatic carbocycles. The van der Waals surface area contributed by atoms with Crippen LogP contribution in [-0.2, 0) is 51.1 Å². The molecule has 6 unspecified atom stereocenters. The van der Waals surface area contributed by atoms with Crippen LogP contribution in [0.1, 0.15) is 226 Å². The van der Waals surface area contributed by atoms with Crippen molar-refractivity contribution in [2.75, 3.05) is 61.6 Å². The Balaban J connectivity index is 0.000000349. The molecule has 0 saturated carbocycles. The fourth-order valence-corrected chi connectivity index (χ4v) is 15.7. The number of ketones is 2. The first-order valence-electron chi connectivity index (χ1n) is 37.5. The lowest BCUT2D eigenvalue weighted by Crippen LogP contribution is -2.48. The lowest BCUT2D eigenvalue weighted by Gasteiger charge is -2.37. The molecule has 25 heteroatoms. The number of aliphatic carboxylic acids is 1. The second-order valence-corrected chi connectivity index (χ2v) is 31.7. The molecule has 104 heavy (non-hydrogen) atoms. The van der Waals surface area contributed by atoms with Crippen molar-refractivity contribution in [1.29, 1.82) is 0 Å². The molecular formula is C79H120F2N8O13S2. The van der Waals surface area contributed by atoms with E-state index in [9.17, 15) is 62.5 Å². The van der Waals surface area contributed by atoms with Gasteiger partial charge in [0.25, 0.3) is 11.8 Å². The summed E-state index contributed by atoms with van der Waals surface area (Å²) in [5.74, 6) is -5.17. The molecular weight excluding hydrogens is 1370 g/mol. The minimum Gasteiger partial charge on any atom is -0.481 e. The SMILES string of the molecule is C1CCOC1.CCC(C)[C@H](CC(=O)C1CCCCN1C)C(=O)N(C)C(C[C@@H](O)c1nc(C(=O)N[C@@H](Cc2ccc(F)cc2)C[C@H](C)C(=O)O)cs1)C(C)C.CCC(C)[C@H](CC(=O)C1CCCCN1C)C(=O)N(C)C(C[C@@H](O)c1nc(C(=O)N[C@@H](Cc2ccc(F)cc2)C[C@H](C)C(=O)OC)cs1)C(C)C. The Morgan fingerprint density at radius 3 is 1.28 bits per heavy atom. The highest BCUT2D eigenvalue weighted by molar-refractivity contribution is 7.10. The average Bonchev–Trinajstić information content (AvgIpc) is 1.11. The van der Waals surface area contributed by atoms with Gasteiger partial charge < -0.3 is 45.2 Å². The number of hydrogen-bond acceptors (Lipinski definition) is 18. The quantitative estimate of drug-likeness (QED) is 0.0265. The van der Waals surface area contributed by atoms with Gasteiger partial charge in [-0.2, -0.15) is 0 Å². The van der Waals surface area contributed by atoms with E-state index in [-0.39, 0.29) is 126 Å². The number of Topliss-reactive ketones (excluding diaryl/α,β-unsaturated/α-hetero) is 2. The third kappa shape index (κ3) is 27.4. The number of aliphatic hydroxyl groups is 2. The van der Waals surface area contributed by atoms with Crippen molar-refractivity contribution in [2.24, 2.45) is 47.3 Å². The van der Waals surface area contributed by atoms with Crippen LogP contribution in [0.4, 0.5) is 8.78 Å². The molecule has 3 aliphatic heterocycles. The summed E-state index contributed by atoms with van der Waals surface area (Å²) >= 11 is 2.30. The van der Waals surface area contributed by atoms with Crippen LogP contribution in [0.5, 0.6) is 0 Å². The molecule has 0 spiro atoms. The van der Waals surface area contributed by atoms with E-state index < -0.39 is 71.7 Å². The smallest absolute Gasteiger partial charge is 0.308 e. The number of hydrogen-bond donors (Lipinski definition) is 5. The van der Waals surface area contributed by atoms with Crippen LogP contribution in [0.2, 0.25) is 0 Å². The Morgan fingerprint density at radius 1 is 0.587 bits per heavy atom. The maximum Gasteiger partial charge on any atom is 0.308 e. The zero-order valence-electron chi connectivity index (χ0n) is 64.2. The number of likely N-dealkylation sites (tertiary alicyclic amines) is 2. The maximum atomic E-state index is 14.1. The Hall–Kier alpha value is -6.48. The molecule has 3 aliphatic rings. The number of nitrogens with zero attached hydrogens (tertiary/aromatic N) is 6. The number of aliphatic hydroxyl groups excluding tert-OH is 2. The topological polar surface area (TPSA) is 279 Å². The first kappa shape index (κ1) is 88.2. The number of carbonyl (C=O) groups is 8. The van der Waals surface area contributed by atoms with Gasteiger partial charge in [0.1, 0.15) is 45.2 Å². The number of rotatable bonds is 36. The third-order valence-electron chi connectivity index (χ3n) is 21.3. The number of carboxylic acids is 1. The second kappa shape index (κ2) is 44.0. The lowest BCUT2D eigenvalue weighted by atomic mass is 9.83. The van der Waals surface area contributed by atoms with Crippen LogP contribution in [0, 0.1) is 59.0 Å². The van der Waals surface area contributed by atoms with Gasteiger partial charge in [-0.3, -0.25) is 48.2 Å². The number of nitrogens with one attached hydrogen (secondary N) is 2. The average molecular weight is 1490 g/mol. The molecule has 5 heterocycles. The number of carboxylic acid groups (broad SMARTS) is 1. The van der Waals surface area contributed by atoms with Crippen LogP contribution in [0.15, 0.2) is 59.3 Å². The van der Waals surface area contributed by atoms with Gasteiger partial charge in [-0.05, 0) is 150 Å². The predicted octanol–water partition coefficient (Wildman–Crippen LogP) is 12.4. The highest BCUT2D eigenvalue weighted by atomic mass is 32.1. The Kier molecular flexibility index (Phi) is 37.3. The van der Waals surface area contributed by atoms with Crippen molar-refractivity contribution < 1.29 is 71.9 Å². The normalized spacial score (nSPS) is 19.2. The van der Waals surface area contributed by atoms with Crippen molar-refractivity contribution in [3.8, 4) is 0 Å². The Morgan fingerprint density at radius 2 is 0.962 bits per heavy atom. The number of carbonyl (C=O) groups excluding carboxylic acids is 7. The van der Waals surface area contributed by atoms with E-state index in [0.717, 1.165) is 111 Å². The minimum absolute atomic E-state index is 0.00288. The summed E-state index contributed by atoms with van der Waals surface area (Å²) in [7, 11) is 8.77. The molecule has 580 valence electrons. The lowest BCUT2D eigenvalue weighted by molar-refractivity contribution is -0.145. The zero-order chi connectivity index (χ0) is 77.1. The summed E-state index contributed by atoms with van der Waals surface area (Å²) in [5, 5.41) is 41.8. The van der Waals surface area contributed by atoms with Crippen LogP contribution in [0.3, 0.4) is 0 Å². The van der Waals surface area contributed by atoms with E-state index in [2.05, 4.69) is 30.4 Å². The van der Waals surface area contributed by atoms with Crippen molar-refractivity contribution >= 4 is 69.8 Å². The number of halogens is 2. The van der Waals surface area contributed by atoms with Crippen molar-refractivity contribution in [1.82, 2.24) is 40.2 Å². The molecule has 0 radical (unpaired) electrons. The molecule has 2 aromatic carbocycles. The number of benzene rings is 2. The number of piperidine rings is 2. The van der Waals surface area contributed by atoms with Gasteiger partial charge in [0, 0.05) is 99.8 Å². The van der Waals surface area contributed by atoms with E-state index in [1.807, 2.05) is 69.5 Å². The minimum atomic E-state index is -1.05. The fourth-order valence-electron chi connectivity index (χ4n) is 14.1. The van der Waals surface area contributed by atoms with Gasteiger partial charge in [0.2, 0.25) is 11.8 Å². The molecule has 7 rings (SSSR count). The molecule has 3 saturated heterocycles. The van der Waals surface area contributed by atoms with Crippen molar-refractivity contribution in [3.05, 3.63) is 103 Å². The number of aromatic nitrogens is 2. The van der Waals surface area contributed by atoms with Crippen molar-refractivity contribution in [3.63, 3.8) is 0 Å². The first-order chi connectivity index (χ1) is 49.3. The highest BCUT2D eigenvalue weighted by Gasteiger charge is 2.40. The van der Waals surface area contributed by atoms with Crippen LogP contribution >= 0.6 is 22.7 Å². The summed E-state index contributed by atoms with van der Waals surface area (Å²) in [6.07, 6.45) is 9.76. The summed E-state index contributed by atoms with van der Waals surface area (Å²) in [6.45, 7) is 23.1. The number of methoxy groups -OCH3 is 1. The summed E-state index contributed by atoms with van der Waals surface area (Å²) in [6, 6.07) is 9.81. The zero-order valence-corrected chi connectivity index (χ0v) is 65.9. The molecule has 5 N–H and O–H groups in total. The van der Waals surface area contributed by atoms with Crippen LogP contribution in [0.25, 0.3) is 0 Å². The number of thiazole rings is 2. The van der Waals surface area contributed by atoms with E-state index in [1.165, 1.54) is 44.2 Å². The van der Waals surface area contributed by atoms with E-state index >= 15 is 0 Å². The molecule has 14 atom stereocenters. The highest BCUT2D eigenvalue weighted by Crippen LogP contribution is 2.34. The molecule has 21 nitrogen and oxygen atoms in total. The molecule has 2 aromatic heterocycles. The standard InChI is InChI=1S/C38H57FN4O6S.C37H55FN4O6S.C4H8O/c1-9-24(4)29(20-33(44)31-12-10-11-17-42(31)6)37(47)43(7)32(23(2)3)21-34(45)36-41-30(22-50-36)35(46)40-28(18-25(5)38(48)49-8)19-26-13-15-27(39)16-14-26;1-8-23(4)28(19-32(43)30-11-9-10-16-41(30)6)36(46)42(7)31(22(2)3)20-33(44)35-40-29(21-49-35)34(45)39-27(17-24(5)37(47)48)18-25-12-14-26(38)15-13-25;1-2-4-5-3-1/h13-16,22-25,28-29,31-32,34,45H,9-12,17-21H2,1-8H3,(H,40,46);12-15,21-24,27-28,30-31,33,44H,8-11,16-20H2,1-7H3,(H,39,45)(H,47,48);1-4H2/t24?,25-,28+,29-,31?,32?,34+;23?,24-,27+,28-,30?,31?,33+;/m00./s1. The number of ether oxygens (including phenoxy) is 2. The predicted molar refractivity (Wildman–Crippen MR) is 402 cm³/mol. The van der Waals surface area contributed by atoms with Crippen LogP contribution in [-0.4, -0.2) is 190 Å². The summed E-state index contributed by atoms with van der Waals surface area (Å²) < 4.78 is 36.8. The van der Waals surface area contributed by atoms with Crippen LogP contribution < -0.4 is 10.6 Å². The van der Waals surface area contributed by atoms with Crippen molar-refractivity contribution in [2.45, 2.75) is 233 Å². The molecule has 4 amide bonds. The molecule has 4 aromatic rings. The third-order valence-corrected chi connectivity index (χ3v) is 23.1. The number of amides is 4. The summed E-state index contributed by atoms with van der Waals surface area (Å²) in [4.78, 5) is 122. The van der Waals surface area contributed by atoms with Gasteiger partial charge >= 0.3 is 11.9 Å². The van der Waals surface area contributed by atoms with Gasteiger partial charge in [-0.15, -0.1) is 22.7 Å². The van der Waals surface area contributed by atoms with Gasteiger partial charge in [-0.25, -0.2) is 18.7 Å². The fraction of sp³-hybridized carbons (Fsp3) is 0.671. The Labute approximate surface area is 624 Å². The maximum absolute atomic E-state index is 14.1. The molecule has 3 fully saturated rings. The largest absolute Gasteiger partial charge is 0.481 e. The first-order valence-corrected chi connectivity index (χ1v) is 39.3. The summed E-state index contributed by atoms with van der Waals surface area (Å²) in [5.41, 5.74) is 1.77. The Bertz CT molecular complexity index is 3330. The molecule has 0 bridgehead atoms. The second-order valence-electron chi connectivity index (χ2n) is 29.9. The number of likely N-dealkylation sites (N-methyl/N-ethyl adjacent to an activating group) is 2.